The Bertz CT molecular complexity index is 652. The number of para-hydroxylation sites is 1. The Morgan fingerprint density at radius 2 is 2.00 bits per heavy atom. The molecule has 2 heterocycles. The van der Waals surface area contributed by atoms with Gasteiger partial charge in [-0.05, 0) is 37.8 Å². The molecule has 1 amide bonds. The van der Waals surface area contributed by atoms with Gasteiger partial charge in [0.15, 0.2) is 5.60 Å². The first-order chi connectivity index (χ1) is 11.0. The Kier molecular flexibility index (Phi) is 4.47. The third kappa shape index (κ3) is 3.01. The van der Waals surface area contributed by atoms with Crippen LogP contribution in [-0.4, -0.2) is 47.7 Å². The Balaban J connectivity index is 1.86. The number of nitriles is 1. The van der Waals surface area contributed by atoms with Crippen LogP contribution in [0.2, 0.25) is 5.02 Å². The molecule has 1 aromatic rings. The third-order valence-corrected chi connectivity index (χ3v) is 4.99. The van der Waals surface area contributed by atoms with E-state index in [9.17, 15) is 15.2 Å². The molecule has 3 rings (SSSR count). The zero-order valence-corrected chi connectivity index (χ0v) is 13.7. The van der Waals surface area contributed by atoms with Crippen molar-refractivity contribution in [2.75, 3.05) is 31.1 Å². The van der Waals surface area contributed by atoms with Crippen LogP contribution in [0.4, 0.5) is 5.69 Å². The van der Waals surface area contributed by atoms with Gasteiger partial charge in [0.2, 0.25) is 0 Å². The molecule has 2 fully saturated rings. The van der Waals surface area contributed by atoms with E-state index >= 15 is 0 Å². The number of benzene rings is 1. The molecule has 0 spiro atoms. The number of piperidine rings is 1. The zero-order chi connectivity index (χ0) is 16.4. The standard InChI is InChI=1S/C17H20ClN3O2/c18-14-6-3-5-13(11-19)15(14)21-10-4-7-17(23,12-21)16(22)20-8-1-2-9-20/h3,5-6,23H,1-2,4,7-10,12H2/t17-/m1/s1. The summed E-state index contributed by atoms with van der Waals surface area (Å²) in [5, 5.41) is 20.7. The fourth-order valence-electron chi connectivity index (χ4n) is 3.54. The summed E-state index contributed by atoms with van der Waals surface area (Å²) in [5.74, 6) is -0.190. The summed E-state index contributed by atoms with van der Waals surface area (Å²) in [6, 6.07) is 7.31. The maximum atomic E-state index is 12.7. The van der Waals surface area contributed by atoms with Crippen LogP contribution in [-0.2, 0) is 4.79 Å². The molecule has 2 saturated heterocycles. The highest BCUT2D eigenvalue weighted by Crippen LogP contribution is 2.34. The van der Waals surface area contributed by atoms with Crippen LogP contribution in [0.5, 0.6) is 0 Å². The fraction of sp³-hybridized carbons (Fsp3) is 0.529. The number of halogens is 1. The highest BCUT2D eigenvalue weighted by Gasteiger charge is 2.43. The summed E-state index contributed by atoms with van der Waals surface area (Å²) >= 11 is 6.27. The van der Waals surface area contributed by atoms with Gasteiger partial charge in [-0.2, -0.15) is 5.26 Å². The fourth-order valence-corrected chi connectivity index (χ4v) is 3.84. The molecule has 0 bridgehead atoms. The number of carbonyl (C=O) groups excluding carboxylic acids is 1. The second kappa shape index (κ2) is 6.38. The Labute approximate surface area is 141 Å². The van der Waals surface area contributed by atoms with Crippen molar-refractivity contribution in [2.45, 2.75) is 31.3 Å². The lowest BCUT2D eigenvalue weighted by atomic mass is 9.90. The summed E-state index contributed by atoms with van der Waals surface area (Å²) in [5.41, 5.74) is -0.312. The SMILES string of the molecule is N#Cc1cccc(Cl)c1N1CCC[C@](O)(C(=O)N2CCCC2)C1. The molecule has 0 aromatic heterocycles. The van der Waals surface area contributed by atoms with E-state index in [1.165, 1.54) is 0 Å². The lowest BCUT2D eigenvalue weighted by Crippen LogP contribution is -2.58. The van der Waals surface area contributed by atoms with Crippen LogP contribution in [0.3, 0.4) is 0 Å². The molecule has 0 radical (unpaired) electrons. The summed E-state index contributed by atoms with van der Waals surface area (Å²) in [6.07, 6.45) is 3.13. The minimum Gasteiger partial charge on any atom is -0.378 e. The largest absolute Gasteiger partial charge is 0.378 e. The maximum absolute atomic E-state index is 12.7. The van der Waals surface area contributed by atoms with Crippen LogP contribution in [0.15, 0.2) is 18.2 Å². The summed E-state index contributed by atoms with van der Waals surface area (Å²) < 4.78 is 0. The summed E-state index contributed by atoms with van der Waals surface area (Å²) in [6.45, 7) is 2.29. The first-order valence-corrected chi connectivity index (χ1v) is 8.38. The average molecular weight is 334 g/mol. The van der Waals surface area contributed by atoms with E-state index in [1.54, 1.807) is 23.1 Å². The molecule has 23 heavy (non-hydrogen) atoms. The second-order valence-corrected chi connectivity index (χ2v) is 6.71. The van der Waals surface area contributed by atoms with Crippen molar-refractivity contribution >= 4 is 23.2 Å². The second-order valence-electron chi connectivity index (χ2n) is 6.30. The Morgan fingerprint density at radius 1 is 1.26 bits per heavy atom. The van der Waals surface area contributed by atoms with E-state index in [2.05, 4.69) is 6.07 Å². The number of aliphatic hydroxyl groups is 1. The maximum Gasteiger partial charge on any atom is 0.256 e. The van der Waals surface area contributed by atoms with Gasteiger partial charge >= 0.3 is 0 Å². The van der Waals surface area contributed by atoms with Crippen molar-refractivity contribution in [3.05, 3.63) is 28.8 Å². The topological polar surface area (TPSA) is 67.6 Å². The molecule has 2 aliphatic heterocycles. The quantitative estimate of drug-likeness (QED) is 0.900. The number of likely N-dealkylation sites (tertiary alicyclic amines) is 1. The number of anilines is 1. The predicted molar refractivity (Wildman–Crippen MR) is 88.4 cm³/mol. The lowest BCUT2D eigenvalue weighted by Gasteiger charge is -2.41. The molecule has 1 atom stereocenters. The van der Waals surface area contributed by atoms with Gasteiger partial charge in [0.1, 0.15) is 6.07 Å². The third-order valence-electron chi connectivity index (χ3n) is 4.69. The van der Waals surface area contributed by atoms with Crippen molar-refractivity contribution < 1.29 is 9.90 Å². The Morgan fingerprint density at radius 3 is 2.70 bits per heavy atom. The van der Waals surface area contributed by atoms with Crippen LogP contribution in [0.1, 0.15) is 31.2 Å². The highest BCUT2D eigenvalue weighted by atomic mass is 35.5. The van der Waals surface area contributed by atoms with Crippen LogP contribution < -0.4 is 4.90 Å². The minimum absolute atomic E-state index is 0.181. The van der Waals surface area contributed by atoms with Crippen molar-refractivity contribution in [3.63, 3.8) is 0 Å². The molecule has 1 N–H and O–H groups in total. The minimum atomic E-state index is -1.39. The number of amides is 1. The van der Waals surface area contributed by atoms with E-state index in [4.69, 9.17) is 11.6 Å². The molecule has 6 heteroatoms. The molecular weight excluding hydrogens is 314 g/mol. The zero-order valence-electron chi connectivity index (χ0n) is 13.0. The van der Waals surface area contributed by atoms with Gasteiger partial charge in [0, 0.05) is 19.6 Å². The van der Waals surface area contributed by atoms with E-state index in [-0.39, 0.29) is 12.5 Å². The van der Waals surface area contributed by atoms with Gasteiger partial charge in [0.25, 0.3) is 5.91 Å². The smallest absolute Gasteiger partial charge is 0.256 e. The van der Waals surface area contributed by atoms with Gasteiger partial charge in [-0.3, -0.25) is 4.79 Å². The van der Waals surface area contributed by atoms with Crippen LogP contribution in [0.25, 0.3) is 0 Å². The average Bonchev–Trinajstić information content (AvgIpc) is 3.08. The van der Waals surface area contributed by atoms with Gasteiger partial charge in [0.05, 0.1) is 22.8 Å². The van der Waals surface area contributed by atoms with Crippen LogP contribution >= 0.6 is 11.6 Å². The molecule has 1 aromatic carbocycles. The number of β-amino-alcohol motifs (C(OH)–C–C–N with tert-alkyl or cyclic N) is 1. The highest BCUT2D eigenvalue weighted by molar-refractivity contribution is 6.33. The number of carbonyl (C=O) groups is 1. The van der Waals surface area contributed by atoms with E-state index in [0.29, 0.717) is 35.7 Å². The van der Waals surface area contributed by atoms with Crippen LogP contribution in [0, 0.1) is 11.3 Å². The number of nitrogens with zero attached hydrogens (tertiary/aromatic N) is 3. The van der Waals surface area contributed by atoms with E-state index in [1.807, 2.05) is 4.90 Å². The number of hydrogen-bond acceptors (Lipinski definition) is 4. The van der Waals surface area contributed by atoms with Crippen molar-refractivity contribution in [3.8, 4) is 6.07 Å². The molecule has 5 nitrogen and oxygen atoms in total. The predicted octanol–water partition coefficient (Wildman–Crippen LogP) is 2.17. The van der Waals surface area contributed by atoms with Gasteiger partial charge in [-0.15, -0.1) is 0 Å². The molecule has 0 saturated carbocycles. The molecule has 2 aliphatic rings. The monoisotopic (exact) mass is 333 g/mol. The van der Waals surface area contributed by atoms with E-state index in [0.717, 1.165) is 25.9 Å². The van der Waals surface area contributed by atoms with Crippen molar-refractivity contribution in [1.82, 2.24) is 4.90 Å². The molecule has 0 aliphatic carbocycles. The molecule has 122 valence electrons. The number of rotatable bonds is 2. The number of hydrogen-bond donors (Lipinski definition) is 1. The summed E-state index contributed by atoms with van der Waals surface area (Å²) in [4.78, 5) is 16.3. The molecule has 0 unspecified atom stereocenters. The van der Waals surface area contributed by atoms with Gasteiger partial charge < -0.3 is 14.9 Å². The summed E-state index contributed by atoms with van der Waals surface area (Å²) in [7, 11) is 0. The normalized spacial score (nSPS) is 24.6. The molecular formula is C17H20ClN3O2. The van der Waals surface area contributed by atoms with Crippen molar-refractivity contribution in [1.29, 1.82) is 5.26 Å². The van der Waals surface area contributed by atoms with Gasteiger partial charge in [-0.25, -0.2) is 0 Å². The Hall–Kier alpha value is -1.77. The van der Waals surface area contributed by atoms with E-state index < -0.39 is 5.60 Å². The first kappa shape index (κ1) is 16.1. The lowest BCUT2D eigenvalue weighted by molar-refractivity contribution is -0.151. The first-order valence-electron chi connectivity index (χ1n) is 8.00. The van der Waals surface area contributed by atoms with Gasteiger partial charge in [-0.1, -0.05) is 17.7 Å². The van der Waals surface area contributed by atoms with Crippen molar-refractivity contribution in [2.24, 2.45) is 0 Å².